The molecule has 1 saturated carbocycles. The smallest absolute Gasteiger partial charge is 0.0940 e. The van der Waals surface area contributed by atoms with Crippen LogP contribution in [0.4, 0.5) is 0 Å². The minimum atomic E-state index is -0.0289. The van der Waals surface area contributed by atoms with Gasteiger partial charge in [0.15, 0.2) is 0 Å². The first-order valence-corrected chi connectivity index (χ1v) is 6.63. The maximum absolute atomic E-state index is 9.71. The van der Waals surface area contributed by atoms with E-state index in [1.807, 2.05) is 13.0 Å². The van der Waals surface area contributed by atoms with Gasteiger partial charge in [0.2, 0.25) is 0 Å². The topological polar surface area (TPSA) is 44.0 Å². The first-order valence-electron chi connectivity index (χ1n) is 6.63. The Morgan fingerprint density at radius 2 is 2.00 bits per heavy atom. The predicted octanol–water partition coefficient (Wildman–Crippen LogP) is 3.92. The summed E-state index contributed by atoms with van der Waals surface area (Å²) in [5.41, 5.74) is 0.773. The summed E-state index contributed by atoms with van der Waals surface area (Å²) < 4.78 is 0. The molecule has 3 atom stereocenters. The van der Waals surface area contributed by atoms with E-state index in [0.29, 0.717) is 11.8 Å². The lowest BCUT2D eigenvalue weighted by atomic mass is 9.75. The molecule has 0 heterocycles. The van der Waals surface area contributed by atoms with Gasteiger partial charge in [0.1, 0.15) is 0 Å². The molecule has 1 aliphatic carbocycles. The Bertz CT molecular complexity index is 275. The van der Waals surface area contributed by atoms with Crippen LogP contribution in [0.5, 0.6) is 0 Å². The molecule has 0 aromatic heterocycles. The van der Waals surface area contributed by atoms with E-state index in [1.165, 1.54) is 12.8 Å². The first-order chi connectivity index (χ1) is 7.92. The molecule has 0 bridgehead atoms. The number of nitrogens with zero attached hydrogens (tertiary/aromatic N) is 1. The lowest BCUT2D eigenvalue weighted by molar-refractivity contribution is 0.0266. The highest BCUT2D eigenvalue weighted by molar-refractivity contribution is 5.15. The summed E-state index contributed by atoms with van der Waals surface area (Å²) in [5, 5.41) is 17.7. The van der Waals surface area contributed by atoms with Crippen LogP contribution in [-0.2, 0) is 0 Å². The molecule has 17 heavy (non-hydrogen) atoms. The van der Waals surface area contributed by atoms with Crippen molar-refractivity contribution in [3.05, 3.63) is 11.6 Å². The van der Waals surface area contributed by atoms with Crippen LogP contribution in [0.15, 0.2) is 11.6 Å². The van der Waals surface area contributed by atoms with Crippen molar-refractivity contribution < 1.29 is 5.11 Å². The zero-order valence-electron chi connectivity index (χ0n) is 11.9. The van der Waals surface area contributed by atoms with Gasteiger partial charge in [0, 0.05) is 5.57 Å². The van der Waals surface area contributed by atoms with Crippen LogP contribution in [-0.4, -0.2) is 11.2 Å². The van der Waals surface area contributed by atoms with Crippen LogP contribution >= 0.6 is 0 Å². The number of hydrogen-bond acceptors (Lipinski definition) is 2. The number of aliphatic hydroxyl groups excluding tert-OH is 1. The molecular weight excluding hydrogens is 210 g/mol. The van der Waals surface area contributed by atoms with Gasteiger partial charge >= 0.3 is 0 Å². The molecule has 0 aromatic rings. The second-order valence-corrected chi connectivity index (χ2v) is 5.48. The van der Waals surface area contributed by atoms with Gasteiger partial charge in [-0.3, -0.25) is 0 Å². The van der Waals surface area contributed by atoms with Crippen LogP contribution in [0, 0.1) is 29.1 Å². The molecule has 0 aliphatic heterocycles. The fourth-order valence-electron chi connectivity index (χ4n) is 2.22. The maximum Gasteiger partial charge on any atom is 0.0940 e. The average molecular weight is 237 g/mol. The molecular formula is C15H27NO. The normalized spacial score (nSPS) is 29.3. The third kappa shape index (κ3) is 6.48. The summed E-state index contributed by atoms with van der Waals surface area (Å²) in [6, 6.07) is 1.98. The highest BCUT2D eigenvalue weighted by Crippen LogP contribution is 2.33. The SMILES string of the molecule is CC(C)[C@@H]1CC[C@@H](C)C[C@H]1O.CC=C(C)C#N. The highest BCUT2D eigenvalue weighted by atomic mass is 16.3. The lowest BCUT2D eigenvalue weighted by Gasteiger charge is -2.33. The third-order valence-electron chi connectivity index (χ3n) is 3.60. The molecule has 0 saturated heterocycles. The fraction of sp³-hybridized carbons (Fsp3) is 0.800. The predicted molar refractivity (Wildman–Crippen MR) is 72.4 cm³/mol. The monoisotopic (exact) mass is 237 g/mol. The molecule has 0 spiro atoms. The van der Waals surface area contributed by atoms with E-state index in [4.69, 9.17) is 5.26 Å². The zero-order chi connectivity index (χ0) is 13.4. The van der Waals surface area contributed by atoms with E-state index in [-0.39, 0.29) is 6.10 Å². The van der Waals surface area contributed by atoms with Crippen molar-refractivity contribution in [2.24, 2.45) is 17.8 Å². The van der Waals surface area contributed by atoms with Crippen molar-refractivity contribution in [2.75, 3.05) is 0 Å². The molecule has 0 amide bonds. The molecule has 2 heteroatoms. The average Bonchev–Trinajstić information content (AvgIpc) is 2.28. The van der Waals surface area contributed by atoms with Gasteiger partial charge < -0.3 is 5.11 Å². The summed E-state index contributed by atoms with van der Waals surface area (Å²) in [6.07, 6.45) is 5.29. The Morgan fingerprint density at radius 3 is 2.29 bits per heavy atom. The van der Waals surface area contributed by atoms with Crippen LogP contribution in [0.25, 0.3) is 0 Å². The van der Waals surface area contributed by atoms with Crippen molar-refractivity contribution in [3.8, 4) is 6.07 Å². The van der Waals surface area contributed by atoms with E-state index in [9.17, 15) is 5.11 Å². The molecule has 1 aliphatic rings. The zero-order valence-corrected chi connectivity index (χ0v) is 11.9. The largest absolute Gasteiger partial charge is 0.393 e. The van der Waals surface area contributed by atoms with Crippen molar-refractivity contribution in [1.29, 1.82) is 5.26 Å². The summed E-state index contributed by atoms with van der Waals surface area (Å²) in [7, 11) is 0. The minimum absolute atomic E-state index is 0.0289. The van der Waals surface area contributed by atoms with Crippen molar-refractivity contribution in [3.63, 3.8) is 0 Å². The molecule has 0 unspecified atom stereocenters. The van der Waals surface area contributed by atoms with Crippen molar-refractivity contribution in [2.45, 2.75) is 60.0 Å². The van der Waals surface area contributed by atoms with Gasteiger partial charge in [-0.2, -0.15) is 5.26 Å². The number of aliphatic hydroxyl groups is 1. The van der Waals surface area contributed by atoms with Crippen molar-refractivity contribution >= 4 is 0 Å². The van der Waals surface area contributed by atoms with Gasteiger partial charge in [-0.1, -0.05) is 33.3 Å². The summed E-state index contributed by atoms with van der Waals surface area (Å²) >= 11 is 0. The second-order valence-electron chi connectivity index (χ2n) is 5.48. The quantitative estimate of drug-likeness (QED) is 0.703. The Balaban J connectivity index is 0.000000366. The minimum Gasteiger partial charge on any atom is -0.393 e. The van der Waals surface area contributed by atoms with E-state index in [0.717, 1.165) is 17.9 Å². The molecule has 98 valence electrons. The third-order valence-corrected chi connectivity index (χ3v) is 3.60. The van der Waals surface area contributed by atoms with Gasteiger partial charge in [0.25, 0.3) is 0 Å². The summed E-state index contributed by atoms with van der Waals surface area (Å²) in [5.74, 6) is 1.95. The van der Waals surface area contributed by atoms with E-state index >= 15 is 0 Å². The maximum atomic E-state index is 9.71. The van der Waals surface area contributed by atoms with Crippen LogP contribution in [0.2, 0.25) is 0 Å². The van der Waals surface area contributed by atoms with Crippen LogP contribution < -0.4 is 0 Å². The molecule has 1 N–H and O–H groups in total. The first kappa shape index (κ1) is 16.2. The molecule has 1 fully saturated rings. The molecule has 0 radical (unpaired) electrons. The van der Waals surface area contributed by atoms with Gasteiger partial charge in [-0.25, -0.2) is 0 Å². The van der Waals surface area contributed by atoms with Crippen LogP contribution in [0.1, 0.15) is 53.9 Å². The van der Waals surface area contributed by atoms with Gasteiger partial charge in [-0.15, -0.1) is 0 Å². The fourth-order valence-corrected chi connectivity index (χ4v) is 2.22. The molecule has 0 aromatic carbocycles. The molecule has 2 nitrogen and oxygen atoms in total. The summed E-state index contributed by atoms with van der Waals surface area (Å²) in [6.45, 7) is 10.3. The van der Waals surface area contributed by atoms with E-state index in [2.05, 4.69) is 20.8 Å². The Morgan fingerprint density at radius 1 is 1.41 bits per heavy atom. The van der Waals surface area contributed by atoms with Gasteiger partial charge in [-0.05, 0) is 44.4 Å². The van der Waals surface area contributed by atoms with Crippen LogP contribution in [0.3, 0.4) is 0 Å². The number of hydrogen-bond donors (Lipinski definition) is 1. The van der Waals surface area contributed by atoms with E-state index < -0.39 is 0 Å². The number of rotatable bonds is 1. The van der Waals surface area contributed by atoms with Crippen molar-refractivity contribution in [1.82, 2.24) is 0 Å². The number of allylic oxidation sites excluding steroid dienone is 2. The second kappa shape index (κ2) is 8.31. The Labute approximate surface area is 106 Å². The Kier molecular flexibility index (Phi) is 7.91. The standard InChI is InChI=1S/C10H20O.C5H7N/c1-7(2)9-5-4-8(3)6-10(9)11;1-3-5(2)4-6/h7-11H,4-6H2,1-3H3;3H,1-2H3/t8-,9+,10-;/m1./s1. The van der Waals surface area contributed by atoms with E-state index in [1.54, 1.807) is 13.0 Å². The molecule has 1 rings (SSSR count). The Hall–Kier alpha value is -0.810. The van der Waals surface area contributed by atoms with Gasteiger partial charge in [0.05, 0.1) is 12.2 Å². The summed E-state index contributed by atoms with van der Waals surface area (Å²) in [4.78, 5) is 0. The number of nitriles is 1. The lowest BCUT2D eigenvalue weighted by Crippen LogP contribution is -2.31. The highest BCUT2D eigenvalue weighted by Gasteiger charge is 2.28.